The molecule has 1 aromatic heterocycles. The molecular formula is C9H16N2O2. The fraction of sp³-hybridized carbons (Fsp3) is 0.667. The van der Waals surface area contributed by atoms with Crippen molar-refractivity contribution < 1.29 is 9.26 Å². The lowest BCUT2D eigenvalue weighted by Gasteiger charge is -2.13. The molecule has 1 unspecified atom stereocenters. The van der Waals surface area contributed by atoms with Gasteiger partial charge in [-0.15, -0.1) is 0 Å². The molecule has 0 fully saturated rings. The van der Waals surface area contributed by atoms with Crippen LogP contribution >= 0.6 is 0 Å². The third-order valence-electron chi connectivity index (χ3n) is 1.84. The number of nitrogens with one attached hydrogen (secondary N) is 1. The Balaban J connectivity index is 2.62. The number of aryl methyl sites for hydroxylation is 2. The maximum Gasteiger partial charge on any atom is 0.157 e. The molecule has 0 saturated carbocycles. The second kappa shape index (κ2) is 4.28. The zero-order chi connectivity index (χ0) is 9.84. The summed E-state index contributed by atoms with van der Waals surface area (Å²) in [5.74, 6) is 0.820. The van der Waals surface area contributed by atoms with E-state index in [4.69, 9.17) is 9.26 Å². The van der Waals surface area contributed by atoms with Crippen LogP contribution in [0.5, 0.6) is 0 Å². The lowest BCUT2D eigenvalue weighted by molar-refractivity contribution is 0.190. The van der Waals surface area contributed by atoms with Gasteiger partial charge < -0.3 is 14.6 Å². The summed E-state index contributed by atoms with van der Waals surface area (Å²) >= 11 is 0. The topological polar surface area (TPSA) is 47.3 Å². The second-order valence-corrected chi connectivity index (χ2v) is 3.20. The van der Waals surface area contributed by atoms with Crippen molar-refractivity contribution in [1.29, 1.82) is 0 Å². The van der Waals surface area contributed by atoms with Crippen LogP contribution in [0.15, 0.2) is 4.52 Å². The number of methoxy groups -OCH3 is 1. The van der Waals surface area contributed by atoms with Gasteiger partial charge in [0.1, 0.15) is 11.4 Å². The van der Waals surface area contributed by atoms with Crippen molar-refractivity contribution in [3.8, 4) is 0 Å². The van der Waals surface area contributed by atoms with Crippen molar-refractivity contribution >= 4 is 5.69 Å². The van der Waals surface area contributed by atoms with Crippen molar-refractivity contribution in [1.82, 2.24) is 5.16 Å². The Kier molecular flexibility index (Phi) is 3.31. The minimum Gasteiger partial charge on any atom is -0.383 e. The standard InChI is InChI=1S/C9H16N2O2/c1-6(5-12-4)10-9-7(2)11-13-8(9)3/h6,10H,5H2,1-4H3. The summed E-state index contributed by atoms with van der Waals surface area (Å²) in [4.78, 5) is 0. The average molecular weight is 184 g/mol. The molecule has 0 amide bonds. The molecule has 1 rings (SSSR count). The molecule has 4 heteroatoms. The Morgan fingerprint density at radius 2 is 2.23 bits per heavy atom. The normalized spacial score (nSPS) is 12.9. The zero-order valence-corrected chi connectivity index (χ0v) is 8.55. The molecule has 0 aliphatic rings. The van der Waals surface area contributed by atoms with E-state index < -0.39 is 0 Å². The van der Waals surface area contributed by atoms with E-state index in [1.165, 1.54) is 0 Å². The van der Waals surface area contributed by atoms with E-state index >= 15 is 0 Å². The van der Waals surface area contributed by atoms with Crippen molar-refractivity contribution in [2.24, 2.45) is 0 Å². The summed E-state index contributed by atoms with van der Waals surface area (Å²) in [5, 5.41) is 7.13. The van der Waals surface area contributed by atoms with E-state index in [0.717, 1.165) is 17.1 Å². The number of nitrogens with zero attached hydrogens (tertiary/aromatic N) is 1. The van der Waals surface area contributed by atoms with Crippen molar-refractivity contribution in [2.45, 2.75) is 26.8 Å². The van der Waals surface area contributed by atoms with Crippen LogP contribution in [0, 0.1) is 13.8 Å². The maximum absolute atomic E-state index is 5.02. The number of aromatic nitrogens is 1. The van der Waals surface area contributed by atoms with Gasteiger partial charge in [0, 0.05) is 13.2 Å². The summed E-state index contributed by atoms with van der Waals surface area (Å²) < 4.78 is 10.0. The van der Waals surface area contributed by atoms with Gasteiger partial charge in [-0.25, -0.2) is 0 Å². The zero-order valence-electron chi connectivity index (χ0n) is 8.55. The van der Waals surface area contributed by atoms with E-state index in [1.807, 2.05) is 13.8 Å². The molecule has 0 spiro atoms. The second-order valence-electron chi connectivity index (χ2n) is 3.20. The molecule has 1 atom stereocenters. The van der Waals surface area contributed by atoms with Crippen molar-refractivity contribution in [3.63, 3.8) is 0 Å². The number of rotatable bonds is 4. The van der Waals surface area contributed by atoms with Crippen LogP contribution in [0.25, 0.3) is 0 Å². The highest BCUT2D eigenvalue weighted by atomic mass is 16.5. The molecule has 0 aliphatic carbocycles. The highest BCUT2D eigenvalue weighted by Crippen LogP contribution is 2.19. The third kappa shape index (κ3) is 2.45. The fourth-order valence-electron chi connectivity index (χ4n) is 1.23. The van der Waals surface area contributed by atoms with E-state index in [-0.39, 0.29) is 6.04 Å². The first-order valence-electron chi connectivity index (χ1n) is 4.33. The van der Waals surface area contributed by atoms with Gasteiger partial charge in [-0.2, -0.15) is 0 Å². The summed E-state index contributed by atoms with van der Waals surface area (Å²) in [6.45, 7) is 6.53. The molecule has 1 aromatic rings. The molecular weight excluding hydrogens is 168 g/mol. The van der Waals surface area contributed by atoms with Crippen molar-refractivity contribution in [2.75, 3.05) is 19.0 Å². The Morgan fingerprint density at radius 3 is 2.69 bits per heavy atom. The molecule has 0 radical (unpaired) electrons. The van der Waals surface area contributed by atoms with Gasteiger partial charge in [-0.3, -0.25) is 0 Å². The van der Waals surface area contributed by atoms with Crippen LogP contribution in [0.3, 0.4) is 0 Å². The first-order chi connectivity index (χ1) is 6.15. The van der Waals surface area contributed by atoms with Gasteiger partial charge in [0.25, 0.3) is 0 Å². The predicted octanol–water partition coefficient (Wildman–Crippen LogP) is 1.74. The van der Waals surface area contributed by atoms with Gasteiger partial charge >= 0.3 is 0 Å². The molecule has 74 valence electrons. The molecule has 0 saturated heterocycles. The van der Waals surface area contributed by atoms with Gasteiger partial charge in [0.05, 0.1) is 6.61 Å². The van der Waals surface area contributed by atoms with Crippen LogP contribution in [0.2, 0.25) is 0 Å². The molecule has 0 aliphatic heterocycles. The van der Waals surface area contributed by atoms with Crippen LogP contribution in [0.1, 0.15) is 18.4 Å². The lowest BCUT2D eigenvalue weighted by Crippen LogP contribution is -2.21. The fourth-order valence-corrected chi connectivity index (χ4v) is 1.23. The number of ether oxygens (including phenoxy) is 1. The Labute approximate surface area is 78.2 Å². The molecule has 1 heterocycles. The van der Waals surface area contributed by atoms with Gasteiger partial charge in [0.2, 0.25) is 0 Å². The number of hydrogen-bond donors (Lipinski definition) is 1. The number of hydrogen-bond acceptors (Lipinski definition) is 4. The summed E-state index contributed by atoms with van der Waals surface area (Å²) in [6.07, 6.45) is 0. The van der Waals surface area contributed by atoms with Gasteiger partial charge in [0.15, 0.2) is 5.76 Å². The van der Waals surface area contributed by atoms with E-state index in [0.29, 0.717) is 6.61 Å². The van der Waals surface area contributed by atoms with Gasteiger partial charge in [-0.1, -0.05) is 5.16 Å². The predicted molar refractivity (Wildman–Crippen MR) is 50.9 cm³/mol. The summed E-state index contributed by atoms with van der Waals surface area (Å²) in [6, 6.07) is 0.266. The van der Waals surface area contributed by atoms with Gasteiger partial charge in [-0.05, 0) is 20.8 Å². The smallest absolute Gasteiger partial charge is 0.157 e. The first kappa shape index (κ1) is 10.1. The van der Waals surface area contributed by atoms with Crippen LogP contribution in [0.4, 0.5) is 5.69 Å². The Hall–Kier alpha value is -1.03. The third-order valence-corrected chi connectivity index (χ3v) is 1.84. The molecule has 0 bridgehead atoms. The quantitative estimate of drug-likeness (QED) is 0.774. The molecule has 1 N–H and O–H groups in total. The highest BCUT2D eigenvalue weighted by Gasteiger charge is 2.10. The Morgan fingerprint density at radius 1 is 1.54 bits per heavy atom. The molecule has 0 aromatic carbocycles. The highest BCUT2D eigenvalue weighted by molar-refractivity contribution is 5.50. The molecule has 4 nitrogen and oxygen atoms in total. The SMILES string of the molecule is COCC(C)Nc1c(C)noc1C. The number of anilines is 1. The Bertz CT molecular complexity index is 251. The van der Waals surface area contributed by atoms with Crippen LogP contribution < -0.4 is 5.32 Å². The van der Waals surface area contributed by atoms with E-state index in [2.05, 4.69) is 17.4 Å². The lowest BCUT2D eigenvalue weighted by atomic mass is 10.3. The summed E-state index contributed by atoms with van der Waals surface area (Å²) in [5.41, 5.74) is 1.87. The minimum atomic E-state index is 0.266. The largest absolute Gasteiger partial charge is 0.383 e. The van der Waals surface area contributed by atoms with Crippen molar-refractivity contribution in [3.05, 3.63) is 11.5 Å². The van der Waals surface area contributed by atoms with Crippen LogP contribution in [-0.4, -0.2) is 24.9 Å². The van der Waals surface area contributed by atoms with Crippen LogP contribution in [-0.2, 0) is 4.74 Å². The average Bonchev–Trinajstić information content (AvgIpc) is 2.36. The monoisotopic (exact) mass is 184 g/mol. The maximum atomic E-state index is 5.02. The van der Waals surface area contributed by atoms with E-state index in [9.17, 15) is 0 Å². The minimum absolute atomic E-state index is 0.266. The first-order valence-corrected chi connectivity index (χ1v) is 4.33. The summed E-state index contributed by atoms with van der Waals surface area (Å²) in [7, 11) is 1.69. The van der Waals surface area contributed by atoms with E-state index in [1.54, 1.807) is 7.11 Å². The molecule has 13 heavy (non-hydrogen) atoms.